The van der Waals surface area contributed by atoms with Crippen molar-refractivity contribution in [3.05, 3.63) is 39.9 Å². The number of pyridine rings is 1. The van der Waals surface area contributed by atoms with Gasteiger partial charge in [0.25, 0.3) is 0 Å². The van der Waals surface area contributed by atoms with Crippen LogP contribution in [0.15, 0.2) is 39.9 Å². The molecular weight excluding hydrogens is 274 g/mol. The molecule has 0 bridgehead atoms. The first-order valence-corrected chi connectivity index (χ1v) is 6.10. The number of aromatic nitrogens is 3. The van der Waals surface area contributed by atoms with Crippen molar-refractivity contribution in [1.29, 1.82) is 0 Å². The number of hydrogen-bond acceptors (Lipinski definition) is 3. The second-order valence-electron chi connectivity index (χ2n) is 3.09. The predicted octanol–water partition coefficient (Wildman–Crippen LogP) is 3.22. The Labute approximate surface area is 98.6 Å². The highest BCUT2D eigenvalue weighted by Crippen LogP contribution is 2.22. The van der Waals surface area contributed by atoms with Crippen LogP contribution in [0.1, 0.15) is 0 Å². The average molecular weight is 280 g/mol. The molecule has 0 fully saturated rings. The molecule has 3 heterocycles. The van der Waals surface area contributed by atoms with Crippen LogP contribution >= 0.6 is 27.3 Å². The summed E-state index contributed by atoms with van der Waals surface area (Å²) < 4.78 is 2.98. The lowest BCUT2D eigenvalue weighted by atomic mass is 10.4. The van der Waals surface area contributed by atoms with Gasteiger partial charge in [-0.05, 0) is 28.1 Å². The largest absolute Gasteiger partial charge is 0.305 e. The molecule has 0 aliphatic heterocycles. The maximum absolute atomic E-state index is 4.51. The summed E-state index contributed by atoms with van der Waals surface area (Å²) >= 11 is 5.05. The normalized spacial score (nSPS) is 11.0. The quantitative estimate of drug-likeness (QED) is 0.685. The number of fused-ring (bicyclic) bond motifs is 1. The standard InChI is InChI=1S/C10H6BrN3S/c11-7-2-1-3-14-4-8(13-10(7)14)9-5-15-6-12-9/h1-6H. The van der Waals surface area contributed by atoms with Crippen LogP contribution < -0.4 is 0 Å². The van der Waals surface area contributed by atoms with Gasteiger partial charge in [0.1, 0.15) is 11.4 Å². The Balaban J connectivity index is 2.27. The maximum atomic E-state index is 4.51. The Morgan fingerprint density at radius 1 is 1.33 bits per heavy atom. The minimum Gasteiger partial charge on any atom is -0.305 e. The molecule has 3 aromatic rings. The average Bonchev–Trinajstić information content (AvgIpc) is 2.86. The molecule has 0 amide bonds. The van der Waals surface area contributed by atoms with Crippen LogP contribution in [0.3, 0.4) is 0 Å². The SMILES string of the molecule is Brc1cccn2cc(-c3cscn3)nc12. The Bertz CT molecular complexity index is 600. The Hall–Kier alpha value is -1.20. The van der Waals surface area contributed by atoms with Crippen LogP contribution in [0.5, 0.6) is 0 Å². The van der Waals surface area contributed by atoms with Crippen LogP contribution in [0.2, 0.25) is 0 Å². The van der Waals surface area contributed by atoms with Crippen molar-refractivity contribution in [2.45, 2.75) is 0 Å². The van der Waals surface area contributed by atoms with Crippen LogP contribution in [0, 0.1) is 0 Å². The second kappa shape index (κ2) is 3.43. The molecular formula is C10H6BrN3S. The van der Waals surface area contributed by atoms with Gasteiger partial charge in [0, 0.05) is 17.8 Å². The van der Waals surface area contributed by atoms with Crippen LogP contribution in [0.4, 0.5) is 0 Å². The number of imidazole rings is 1. The molecule has 74 valence electrons. The van der Waals surface area contributed by atoms with Crippen molar-refractivity contribution in [3.8, 4) is 11.4 Å². The van der Waals surface area contributed by atoms with Crippen molar-refractivity contribution >= 4 is 32.9 Å². The van der Waals surface area contributed by atoms with E-state index < -0.39 is 0 Å². The summed E-state index contributed by atoms with van der Waals surface area (Å²) in [4.78, 5) is 8.75. The van der Waals surface area contributed by atoms with E-state index >= 15 is 0 Å². The summed E-state index contributed by atoms with van der Waals surface area (Å²) in [6.45, 7) is 0. The van der Waals surface area contributed by atoms with E-state index in [0.717, 1.165) is 21.5 Å². The van der Waals surface area contributed by atoms with Crippen LogP contribution in [-0.2, 0) is 0 Å². The van der Waals surface area contributed by atoms with Gasteiger partial charge in [0.2, 0.25) is 0 Å². The highest BCUT2D eigenvalue weighted by atomic mass is 79.9. The lowest BCUT2D eigenvalue weighted by molar-refractivity contribution is 1.18. The first-order chi connectivity index (χ1) is 7.34. The number of halogens is 1. The van der Waals surface area contributed by atoms with E-state index in [4.69, 9.17) is 0 Å². The lowest BCUT2D eigenvalue weighted by Crippen LogP contribution is -1.80. The van der Waals surface area contributed by atoms with E-state index in [1.54, 1.807) is 11.3 Å². The molecule has 0 unspecified atom stereocenters. The lowest BCUT2D eigenvalue weighted by Gasteiger charge is -1.92. The van der Waals surface area contributed by atoms with E-state index in [1.165, 1.54) is 0 Å². The van der Waals surface area contributed by atoms with E-state index in [-0.39, 0.29) is 0 Å². The zero-order valence-electron chi connectivity index (χ0n) is 7.59. The monoisotopic (exact) mass is 279 g/mol. The van der Waals surface area contributed by atoms with Gasteiger partial charge in [-0.3, -0.25) is 0 Å². The molecule has 3 nitrogen and oxygen atoms in total. The third-order valence-corrected chi connectivity index (χ3v) is 3.34. The summed E-state index contributed by atoms with van der Waals surface area (Å²) in [6.07, 6.45) is 3.96. The van der Waals surface area contributed by atoms with Gasteiger partial charge in [0.15, 0.2) is 5.65 Å². The molecule has 5 heteroatoms. The van der Waals surface area contributed by atoms with Gasteiger partial charge < -0.3 is 4.40 Å². The Kier molecular flexibility index (Phi) is 2.07. The number of hydrogen-bond donors (Lipinski definition) is 0. The van der Waals surface area contributed by atoms with Gasteiger partial charge >= 0.3 is 0 Å². The van der Waals surface area contributed by atoms with Crippen molar-refractivity contribution in [1.82, 2.24) is 14.4 Å². The molecule has 0 N–H and O–H groups in total. The fraction of sp³-hybridized carbons (Fsp3) is 0. The predicted molar refractivity (Wildman–Crippen MR) is 64.0 cm³/mol. The van der Waals surface area contributed by atoms with Gasteiger partial charge in [-0.1, -0.05) is 0 Å². The van der Waals surface area contributed by atoms with E-state index in [2.05, 4.69) is 25.9 Å². The van der Waals surface area contributed by atoms with Gasteiger partial charge in [0.05, 0.1) is 9.98 Å². The first-order valence-electron chi connectivity index (χ1n) is 4.36. The third-order valence-electron chi connectivity index (χ3n) is 2.13. The maximum Gasteiger partial charge on any atom is 0.151 e. The number of thiazole rings is 1. The molecule has 3 aromatic heterocycles. The summed E-state index contributed by atoms with van der Waals surface area (Å²) in [5, 5.41) is 2.00. The highest BCUT2D eigenvalue weighted by molar-refractivity contribution is 9.10. The fourth-order valence-electron chi connectivity index (χ4n) is 1.44. The summed E-state index contributed by atoms with van der Waals surface area (Å²) in [5.74, 6) is 0. The smallest absolute Gasteiger partial charge is 0.151 e. The van der Waals surface area contributed by atoms with Crippen molar-refractivity contribution in [3.63, 3.8) is 0 Å². The molecule has 0 spiro atoms. The summed E-state index contributed by atoms with van der Waals surface area (Å²) in [6, 6.07) is 3.96. The van der Waals surface area contributed by atoms with Gasteiger partial charge in [-0.15, -0.1) is 11.3 Å². The second-order valence-corrected chi connectivity index (χ2v) is 4.66. The van der Waals surface area contributed by atoms with Crippen LogP contribution in [-0.4, -0.2) is 14.4 Å². The molecule has 15 heavy (non-hydrogen) atoms. The van der Waals surface area contributed by atoms with E-state index in [0.29, 0.717) is 0 Å². The highest BCUT2D eigenvalue weighted by Gasteiger charge is 2.07. The first kappa shape index (κ1) is 9.06. The zero-order chi connectivity index (χ0) is 10.3. The molecule has 3 rings (SSSR count). The molecule has 0 aliphatic carbocycles. The summed E-state index contributed by atoms with van der Waals surface area (Å²) in [5.41, 5.74) is 4.56. The molecule has 0 saturated carbocycles. The summed E-state index contributed by atoms with van der Waals surface area (Å²) in [7, 11) is 0. The molecule has 0 radical (unpaired) electrons. The van der Waals surface area contributed by atoms with E-state index in [9.17, 15) is 0 Å². The van der Waals surface area contributed by atoms with Crippen molar-refractivity contribution in [2.75, 3.05) is 0 Å². The molecule has 0 aromatic carbocycles. The topological polar surface area (TPSA) is 30.2 Å². The Morgan fingerprint density at radius 3 is 3.00 bits per heavy atom. The molecule has 0 atom stereocenters. The fourth-order valence-corrected chi connectivity index (χ4v) is 2.43. The van der Waals surface area contributed by atoms with Crippen molar-refractivity contribution in [2.24, 2.45) is 0 Å². The van der Waals surface area contributed by atoms with Gasteiger partial charge in [-0.2, -0.15) is 0 Å². The third kappa shape index (κ3) is 1.48. The van der Waals surface area contributed by atoms with Crippen LogP contribution in [0.25, 0.3) is 17.0 Å². The van der Waals surface area contributed by atoms with Gasteiger partial charge in [-0.25, -0.2) is 9.97 Å². The Morgan fingerprint density at radius 2 is 2.27 bits per heavy atom. The van der Waals surface area contributed by atoms with E-state index in [1.807, 2.05) is 39.8 Å². The number of nitrogens with zero attached hydrogens (tertiary/aromatic N) is 3. The molecule has 0 aliphatic rings. The minimum absolute atomic E-state index is 0.906. The minimum atomic E-state index is 0.906. The molecule has 0 saturated heterocycles. The zero-order valence-corrected chi connectivity index (χ0v) is 9.99. The van der Waals surface area contributed by atoms with Crippen molar-refractivity contribution < 1.29 is 0 Å². The number of rotatable bonds is 1.